The van der Waals surface area contributed by atoms with E-state index in [4.69, 9.17) is 18.9 Å². The molecule has 1 N–H and O–H groups in total. The summed E-state index contributed by atoms with van der Waals surface area (Å²) < 4.78 is 22.9. The number of hydrogen-bond donors (Lipinski definition) is 1. The van der Waals surface area contributed by atoms with Gasteiger partial charge in [-0.05, 0) is 78.7 Å². The van der Waals surface area contributed by atoms with Crippen molar-refractivity contribution >= 4 is 21.9 Å². The van der Waals surface area contributed by atoms with E-state index in [9.17, 15) is 9.90 Å². The van der Waals surface area contributed by atoms with Gasteiger partial charge in [-0.25, -0.2) is 4.79 Å². The predicted molar refractivity (Wildman–Crippen MR) is 131 cm³/mol. The fraction of sp³-hybridized carbons (Fsp3) is 0.346. The van der Waals surface area contributed by atoms with Gasteiger partial charge in [0.15, 0.2) is 6.10 Å². The van der Waals surface area contributed by atoms with Gasteiger partial charge in [0.05, 0.1) is 17.7 Å². The summed E-state index contributed by atoms with van der Waals surface area (Å²) in [7, 11) is 0. The van der Waals surface area contributed by atoms with Crippen LogP contribution in [0.1, 0.15) is 31.9 Å². The van der Waals surface area contributed by atoms with E-state index in [0.717, 1.165) is 27.1 Å². The van der Waals surface area contributed by atoms with Crippen LogP contribution in [0, 0.1) is 11.8 Å². The van der Waals surface area contributed by atoms with E-state index in [0.29, 0.717) is 32.2 Å². The van der Waals surface area contributed by atoms with Crippen LogP contribution in [0.25, 0.3) is 0 Å². The zero-order chi connectivity index (χ0) is 24.1. The smallest absolute Gasteiger partial charge is 0.333 e. The van der Waals surface area contributed by atoms with Gasteiger partial charge in [-0.1, -0.05) is 17.9 Å². The predicted octanol–water partition coefficient (Wildman–Crippen LogP) is 5.27. The number of hydrogen-bond acceptors (Lipinski definition) is 5. The van der Waals surface area contributed by atoms with Crippen molar-refractivity contribution in [2.45, 2.75) is 33.3 Å². The molecule has 0 bridgehead atoms. The molecule has 2 aromatic rings. The highest BCUT2D eigenvalue weighted by molar-refractivity contribution is 9.10. The second kappa shape index (κ2) is 14.2. The zero-order valence-corrected chi connectivity index (χ0v) is 20.7. The van der Waals surface area contributed by atoms with Crippen molar-refractivity contribution < 1.29 is 28.8 Å². The molecule has 0 amide bonds. The summed E-state index contributed by atoms with van der Waals surface area (Å²) in [5, 5.41) is 9.23. The summed E-state index contributed by atoms with van der Waals surface area (Å²) in [5.74, 6) is 7.20. The van der Waals surface area contributed by atoms with Gasteiger partial charge in [-0.15, -0.1) is 0 Å². The van der Waals surface area contributed by atoms with Crippen molar-refractivity contribution in [3.63, 3.8) is 0 Å². The molecule has 6 nitrogen and oxygen atoms in total. The van der Waals surface area contributed by atoms with Crippen molar-refractivity contribution in [3.8, 4) is 29.1 Å². The molecular formula is C26H29BrO6. The van der Waals surface area contributed by atoms with Crippen LogP contribution < -0.4 is 14.2 Å². The SMILES string of the molecule is CCOc1cc(C#CC=CCOc2ccc(C[C@H](OCC)C(=O)O)cc2Br)cc(OCC)c1. The topological polar surface area (TPSA) is 74.2 Å². The summed E-state index contributed by atoms with van der Waals surface area (Å²) >= 11 is 3.48. The van der Waals surface area contributed by atoms with Crippen LogP contribution in [0.2, 0.25) is 0 Å². The first kappa shape index (κ1) is 26.3. The summed E-state index contributed by atoms with van der Waals surface area (Å²) in [6.07, 6.45) is 2.97. The first-order valence-electron chi connectivity index (χ1n) is 10.8. The lowest BCUT2D eigenvalue weighted by molar-refractivity contribution is -0.149. The van der Waals surface area contributed by atoms with Crippen LogP contribution in [0.4, 0.5) is 0 Å². The Labute approximate surface area is 203 Å². The molecule has 0 heterocycles. The number of halogens is 1. The Morgan fingerprint density at radius 3 is 2.30 bits per heavy atom. The number of benzene rings is 2. The number of aliphatic carboxylic acids is 1. The first-order chi connectivity index (χ1) is 16.0. The van der Waals surface area contributed by atoms with Crippen molar-refractivity contribution in [2.75, 3.05) is 26.4 Å². The summed E-state index contributed by atoms with van der Waals surface area (Å²) in [6, 6.07) is 11.1. The van der Waals surface area contributed by atoms with Crippen molar-refractivity contribution in [1.82, 2.24) is 0 Å². The lowest BCUT2D eigenvalue weighted by Gasteiger charge is -2.13. The maximum atomic E-state index is 11.3. The maximum Gasteiger partial charge on any atom is 0.333 e. The fourth-order valence-electron chi connectivity index (χ4n) is 2.93. The van der Waals surface area contributed by atoms with E-state index in [-0.39, 0.29) is 6.42 Å². The van der Waals surface area contributed by atoms with Crippen LogP contribution in [0.5, 0.6) is 17.2 Å². The fourth-order valence-corrected chi connectivity index (χ4v) is 3.48. The van der Waals surface area contributed by atoms with E-state index < -0.39 is 12.1 Å². The molecule has 1 atom stereocenters. The standard InChI is InChI=1S/C26H29BrO6/c1-4-30-21-14-19(15-22(18-21)31-5-2)10-8-7-9-13-33-24-12-11-20(16-23(24)27)17-25(26(28)29)32-6-3/h7,9,11-12,14-16,18,25H,4-6,13,17H2,1-3H3,(H,28,29)/t25-/m0/s1. The highest BCUT2D eigenvalue weighted by Crippen LogP contribution is 2.27. The molecule has 0 saturated carbocycles. The molecule has 33 heavy (non-hydrogen) atoms. The molecular weight excluding hydrogens is 488 g/mol. The minimum Gasteiger partial charge on any atom is -0.494 e. The van der Waals surface area contributed by atoms with Crippen LogP contribution in [0.3, 0.4) is 0 Å². The number of carbonyl (C=O) groups is 1. The molecule has 2 rings (SSSR count). The first-order valence-corrected chi connectivity index (χ1v) is 11.6. The lowest BCUT2D eigenvalue weighted by Crippen LogP contribution is -2.26. The number of ether oxygens (including phenoxy) is 4. The number of carboxylic acids is 1. The minimum atomic E-state index is -0.974. The zero-order valence-electron chi connectivity index (χ0n) is 19.1. The monoisotopic (exact) mass is 516 g/mol. The average Bonchev–Trinajstić information content (AvgIpc) is 2.77. The Hall–Kier alpha value is -2.95. The third-order valence-electron chi connectivity index (χ3n) is 4.32. The largest absolute Gasteiger partial charge is 0.494 e. The summed E-state index contributed by atoms with van der Waals surface area (Å²) in [6.45, 7) is 7.47. The normalized spacial score (nSPS) is 11.5. The van der Waals surface area contributed by atoms with Gasteiger partial charge in [0, 0.05) is 24.7 Å². The van der Waals surface area contributed by atoms with Crippen molar-refractivity contribution in [1.29, 1.82) is 0 Å². The molecule has 0 aliphatic rings. The number of carboxylic acid groups (broad SMARTS) is 1. The van der Waals surface area contributed by atoms with E-state index in [1.165, 1.54) is 0 Å². The second-order valence-electron chi connectivity index (χ2n) is 6.79. The number of allylic oxidation sites excluding steroid dienone is 1. The van der Waals surface area contributed by atoms with E-state index >= 15 is 0 Å². The van der Waals surface area contributed by atoms with Gasteiger partial charge >= 0.3 is 5.97 Å². The molecule has 176 valence electrons. The minimum absolute atomic E-state index is 0.285. The van der Waals surface area contributed by atoms with Crippen LogP contribution >= 0.6 is 15.9 Å². The number of rotatable bonds is 12. The van der Waals surface area contributed by atoms with Crippen LogP contribution in [0.15, 0.2) is 53.0 Å². The quantitative estimate of drug-likeness (QED) is 0.387. The van der Waals surface area contributed by atoms with Crippen molar-refractivity contribution in [3.05, 3.63) is 64.1 Å². The molecule has 0 fully saturated rings. The molecule has 0 aromatic heterocycles. The van der Waals surface area contributed by atoms with E-state index in [2.05, 4.69) is 27.8 Å². The summed E-state index contributed by atoms with van der Waals surface area (Å²) in [4.78, 5) is 11.3. The van der Waals surface area contributed by atoms with Gasteiger partial charge in [0.2, 0.25) is 0 Å². The van der Waals surface area contributed by atoms with Crippen LogP contribution in [-0.2, 0) is 16.0 Å². The highest BCUT2D eigenvalue weighted by atomic mass is 79.9. The Bertz CT molecular complexity index is 981. The van der Waals surface area contributed by atoms with E-state index in [1.807, 2.05) is 50.3 Å². The molecule has 0 radical (unpaired) electrons. The highest BCUT2D eigenvalue weighted by Gasteiger charge is 2.18. The Kier molecular flexibility index (Phi) is 11.4. The lowest BCUT2D eigenvalue weighted by atomic mass is 10.1. The third kappa shape index (κ3) is 9.21. The molecule has 0 aliphatic heterocycles. The molecule has 7 heteroatoms. The van der Waals surface area contributed by atoms with Crippen LogP contribution in [-0.4, -0.2) is 43.6 Å². The molecule has 0 unspecified atom stereocenters. The van der Waals surface area contributed by atoms with E-state index in [1.54, 1.807) is 19.1 Å². The van der Waals surface area contributed by atoms with Gasteiger partial charge in [-0.3, -0.25) is 0 Å². The molecule has 0 aliphatic carbocycles. The van der Waals surface area contributed by atoms with Gasteiger partial charge in [0.1, 0.15) is 23.9 Å². The Morgan fingerprint density at radius 2 is 1.73 bits per heavy atom. The molecule has 0 saturated heterocycles. The average molecular weight is 517 g/mol. The third-order valence-corrected chi connectivity index (χ3v) is 4.94. The summed E-state index contributed by atoms with van der Waals surface area (Å²) in [5.41, 5.74) is 1.65. The van der Waals surface area contributed by atoms with Crippen molar-refractivity contribution in [2.24, 2.45) is 0 Å². The second-order valence-corrected chi connectivity index (χ2v) is 7.65. The van der Waals surface area contributed by atoms with Gasteiger partial charge in [0.25, 0.3) is 0 Å². The maximum absolute atomic E-state index is 11.3. The van der Waals surface area contributed by atoms with Gasteiger partial charge in [-0.2, -0.15) is 0 Å². The molecule has 0 spiro atoms. The Morgan fingerprint density at radius 1 is 1.03 bits per heavy atom. The van der Waals surface area contributed by atoms with Gasteiger partial charge < -0.3 is 24.1 Å². The Balaban J connectivity index is 1.94. The molecule has 2 aromatic carbocycles.